The van der Waals surface area contributed by atoms with E-state index < -0.39 is 0 Å². The Morgan fingerprint density at radius 3 is 2.21 bits per heavy atom. The molecule has 4 nitrogen and oxygen atoms in total. The number of carbonyl (C=O) groups excluding carboxylic acids is 1. The highest BCUT2D eigenvalue weighted by Gasteiger charge is 2.41. The van der Waals surface area contributed by atoms with Crippen molar-refractivity contribution in [1.29, 1.82) is 0 Å². The summed E-state index contributed by atoms with van der Waals surface area (Å²) in [5, 5.41) is 0. The minimum Gasteiger partial charge on any atom is -0.465 e. The van der Waals surface area contributed by atoms with Gasteiger partial charge in [0.15, 0.2) is 0 Å². The molecule has 0 aromatic heterocycles. The Bertz CT molecular complexity index is 1030. The van der Waals surface area contributed by atoms with E-state index in [1.54, 1.807) is 0 Å². The van der Waals surface area contributed by atoms with Crippen LogP contribution >= 0.6 is 0 Å². The molecule has 5 rings (SSSR count). The molecular formula is C29H32N2O2. The lowest BCUT2D eigenvalue weighted by molar-refractivity contribution is 0.0379. The first-order valence-electron chi connectivity index (χ1n) is 12.0. The van der Waals surface area contributed by atoms with E-state index >= 15 is 0 Å². The number of hydrogen-bond donors (Lipinski definition) is 0. The number of fused-ring (bicyclic) bond motifs is 1. The van der Waals surface area contributed by atoms with Gasteiger partial charge in [-0.15, -0.1) is 0 Å². The van der Waals surface area contributed by atoms with Crippen molar-refractivity contribution in [1.82, 2.24) is 9.80 Å². The van der Waals surface area contributed by atoms with Crippen LogP contribution in [0.25, 0.3) is 0 Å². The zero-order valence-electron chi connectivity index (χ0n) is 19.3. The molecule has 0 spiro atoms. The number of carbonyl (C=O) groups is 1. The second-order valence-corrected chi connectivity index (χ2v) is 9.24. The number of methoxy groups -OCH3 is 1. The van der Waals surface area contributed by atoms with E-state index in [9.17, 15) is 4.79 Å². The third-order valence-electron chi connectivity index (χ3n) is 7.28. The zero-order valence-corrected chi connectivity index (χ0v) is 19.3. The van der Waals surface area contributed by atoms with Crippen molar-refractivity contribution in [3.05, 3.63) is 107 Å². The molecule has 3 aromatic rings. The van der Waals surface area contributed by atoms with Crippen molar-refractivity contribution in [2.45, 2.75) is 37.4 Å². The zero-order chi connectivity index (χ0) is 22.6. The van der Waals surface area contributed by atoms with E-state index in [0.29, 0.717) is 23.6 Å². The third-order valence-corrected chi connectivity index (χ3v) is 7.28. The summed E-state index contributed by atoms with van der Waals surface area (Å²) in [4.78, 5) is 17.7. The Kier molecular flexibility index (Phi) is 6.56. The molecule has 2 saturated heterocycles. The molecule has 0 amide bonds. The molecule has 0 aliphatic carbocycles. The standard InChI is InChI=1S/C29H32N2O2/c1-33-29(32)26-17-9-8-15-24(26)19-30-20-25-16-10-18-31(25)27(21-30)28(22-11-4-2-5-12-22)23-13-6-3-7-14-23/h2-9,11-15,17,25,27-28H,10,16,18-21H2,1H3/t25-,27-/m0/s1. The maximum Gasteiger partial charge on any atom is 0.338 e. The first-order valence-corrected chi connectivity index (χ1v) is 12.0. The van der Waals surface area contributed by atoms with Crippen LogP contribution < -0.4 is 0 Å². The predicted molar refractivity (Wildman–Crippen MR) is 131 cm³/mol. The SMILES string of the molecule is COC(=O)c1ccccc1CN1C[C@@H]2CCCN2[C@H](C(c2ccccc2)c2ccccc2)C1. The molecule has 0 saturated carbocycles. The van der Waals surface area contributed by atoms with Crippen LogP contribution in [0.1, 0.15) is 45.8 Å². The second-order valence-electron chi connectivity index (χ2n) is 9.24. The molecule has 0 bridgehead atoms. The first kappa shape index (κ1) is 21.9. The second kappa shape index (κ2) is 9.90. The average Bonchev–Trinajstić information content (AvgIpc) is 3.34. The summed E-state index contributed by atoms with van der Waals surface area (Å²) in [6.07, 6.45) is 2.49. The summed E-state index contributed by atoms with van der Waals surface area (Å²) in [6.45, 7) is 3.95. The number of nitrogens with zero attached hydrogens (tertiary/aromatic N) is 2. The number of esters is 1. The summed E-state index contributed by atoms with van der Waals surface area (Å²) in [7, 11) is 1.46. The fourth-order valence-corrected chi connectivity index (χ4v) is 5.82. The van der Waals surface area contributed by atoms with Crippen molar-refractivity contribution in [3.8, 4) is 0 Å². The Morgan fingerprint density at radius 1 is 0.909 bits per heavy atom. The molecule has 2 aliphatic heterocycles. The van der Waals surface area contributed by atoms with Gasteiger partial charge in [0.1, 0.15) is 0 Å². The first-order chi connectivity index (χ1) is 16.2. The molecule has 170 valence electrons. The van der Waals surface area contributed by atoms with Gasteiger partial charge >= 0.3 is 5.97 Å². The van der Waals surface area contributed by atoms with E-state index in [4.69, 9.17) is 4.74 Å². The van der Waals surface area contributed by atoms with Gasteiger partial charge in [0.25, 0.3) is 0 Å². The van der Waals surface area contributed by atoms with Gasteiger partial charge < -0.3 is 4.74 Å². The minimum atomic E-state index is -0.256. The maximum atomic E-state index is 12.4. The lowest BCUT2D eigenvalue weighted by Crippen LogP contribution is -2.57. The van der Waals surface area contributed by atoms with E-state index in [0.717, 1.165) is 31.7 Å². The number of rotatable bonds is 6. The highest BCUT2D eigenvalue weighted by Crippen LogP contribution is 2.38. The van der Waals surface area contributed by atoms with E-state index in [2.05, 4.69) is 76.5 Å². The van der Waals surface area contributed by atoms with Crippen molar-refractivity contribution < 1.29 is 9.53 Å². The predicted octanol–water partition coefficient (Wildman–Crippen LogP) is 4.95. The molecule has 2 heterocycles. The number of piperazine rings is 1. The van der Waals surface area contributed by atoms with Gasteiger partial charge in [0.05, 0.1) is 12.7 Å². The van der Waals surface area contributed by atoms with Crippen molar-refractivity contribution >= 4 is 5.97 Å². The van der Waals surface area contributed by atoms with Crippen LogP contribution in [0.2, 0.25) is 0 Å². The molecule has 2 fully saturated rings. The van der Waals surface area contributed by atoms with Crippen LogP contribution in [0.3, 0.4) is 0 Å². The van der Waals surface area contributed by atoms with Gasteiger partial charge in [0, 0.05) is 37.6 Å². The topological polar surface area (TPSA) is 32.8 Å². The number of benzene rings is 3. The van der Waals surface area contributed by atoms with Crippen LogP contribution in [0.4, 0.5) is 0 Å². The Morgan fingerprint density at radius 2 is 1.55 bits per heavy atom. The molecule has 0 N–H and O–H groups in total. The Hall–Kier alpha value is -2.95. The highest BCUT2D eigenvalue weighted by molar-refractivity contribution is 5.90. The summed E-state index contributed by atoms with van der Waals surface area (Å²) in [6, 6.07) is 30.7. The maximum absolute atomic E-state index is 12.4. The summed E-state index contributed by atoms with van der Waals surface area (Å²) in [5.41, 5.74) is 4.46. The average molecular weight is 441 g/mol. The van der Waals surface area contributed by atoms with Gasteiger partial charge in [-0.05, 0) is 42.1 Å². The number of hydrogen-bond acceptors (Lipinski definition) is 4. The molecule has 2 aliphatic rings. The summed E-state index contributed by atoms with van der Waals surface area (Å²) < 4.78 is 5.04. The summed E-state index contributed by atoms with van der Waals surface area (Å²) in [5.74, 6) is 0.0553. The van der Waals surface area contributed by atoms with E-state index in [1.807, 2.05) is 18.2 Å². The molecule has 0 radical (unpaired) electrons. The van der Waals surface area contributed by atoms with Crippen LogP contribution in [0.15, 0.2) is 84.9 Å². The molecule has 4 heteroatoms. The van der Waals surface area contributed by atoms with Gasteiger partial charge in [-0.2, -0.15) is 0 Å². The van der Waals surface area contributed by atoms with Gasteiger partial charge in [-0.1, -0.05) is 78.9 Å². The van der Waals surface area contributed by atoms with Gasteiger partial charge in [-0.25, -0.2) is 4.79 Å². The van der Waals surface area contributed by atoms with Gasteiger partial charge in [0.2, 0.25) is 0 Å². The van der Waals surface area contributed by atoms with Crippen molar-refractivity contribution in [3.63, 3.8) is 0 Å². The molecule has 3 aromatic carbocycles. The quantitative estimate of drug-likeness (QED) is 0.508. The Labute approximate surface area is 196 Å². The van der Waals surface area contributed by atoms with Crippen LogP contribution in [-0.2, 0) is 11.3 Å². The largest absolute Gasteiger partial charge is 0.465 e. The molecule has 33 heavy (non-hydrogen) atoms. The smallest absolute Gasteiger partial charge is 0.338 e. The minimum absolute atomic E-state index is 0.256. The molecular weight excluding hydrogens is 408 g/mol. The number of ether oxygens (including phenoxy) is 1. The lowest BCUT2D eigenvalue weighted by atomic mass is 9.82. The third kappa shape index (κ3) is 4.59. The fraction of sp³-hybridized carbons (Fsp3) is 0.345. The van der Waals surface area contributed by atoms with Crippen LogP contribution in [-0.4, -0.2) is 54.6 Å². The van der Waals surface area contributed by atoms with Gasteiger partial charge in [-0.3, -0.25) is 9.80 Å². The monoisotopic (exact) mass is 440 g/mol. The van der Waals surface area contributed by atoms with E-state index in [-0.39, 0.29) is 5.97 Å². The molecule has 0 unspecified atom stereocenters. The fourth-order valence-electron chi connectivity index (χ4n) is 5.82. The lowest BCUT2D eigenvalue weighted by Gasteiger charge is -2.47. The van der Waals surface area contributed by atoms with Crippen LogP contribution in [0, 0.1) is 0 Å². The normalized spacial score (nSPS) is 21.2. The molecule has 2 atom stereocenters. The highest BCUT2D eigenvalue weighted by atomic mass is 16.5. The Balaban J connectivity index is 1.48. The van der Waals surface area contributed by atoms with E-state index in [1.165, 1.54) is 31.1 Å². The van der Waals surface area contributed by atoms with Crippen molar-refractivity contribution in [2.24, 2.45) is 0 Å². The summed E-state index contributed by atoms with van der Waals surface area (Å²) >= 11 is 0. The van der Waals surface area contributed by atoms with Crippen LogP contribution in [0.5, 0.6) is 0 Å². The van der Waals surface area contributed by atoms with Crippen molar-refractivity contribution in [2.75, 3.05) is 26.7 Å².